The van der Waals surface area contributed by atoms with Crippen LogP contribution in [-0.2, 0) is 8.85 Å². The molecule has 2 unspecified atom stereocenters. The van der Waals surface area contributed by atoms with E-state index in [-0.39, 0.29) is 0 Å². The van der Waals surface area contributed by atoms with Crippen molar-refractivity contribution in [2.75, 3.05) is 13.2 Å². The van der Waals surface area contributed by atoms with Crippen molar-refractivity contribution in [3.8, 4) is 0 Å². The van der Waals surface area contributed by atoms with Crippen LogP contribution in [0.1, 0.15) is 80.1 Å². The summed E-state index contributed by atoms with van der Waals surface area (Å²) in [5, 5.41) is 0. The molecule has 0 aromatic carbocycles. The van der Waals surface area contributed by atoms with Gasteiger partial charge in [0, 0.05) is 13.2 Å². The lowest BCUT2D eigenvalue weighted by Gasteiger charge is -2.24. The van der Waals surface area contributed by atoms with Crippen molar-refractivity contribution in [3.63, 3.8) is 0 Å². The summed E-state index contributed by atoms with van der Waals surface area (Å²) in [7, 11) is -1.96. The Labute approximate surface area is 159 Å². The van der Waals surface area contributed by atoms with Crippen molar-refractivity contribution < 1.29 is 8.85 Å². The Morgan fingerprint density at radius 2 is 1.08 bits per heavy atom. The summed E-state index contributed by atoms with van der Waals surface area (Å²) < 4.78 is 12.2. The van der Waals surface area contributed by atoms with Crippen LogP contribution in [-0.4, -0.2) is 21.8 Å². The Bertz CT molecular complexity index is 355. The molecule has 0 aromatic heterocycles. The average molecular weight is 369 g/mol. The van der Waals surface area contributed by atoms with Crippen LogP contribution in [0.25, 0.3) is 0 Å². The molecule has 0 N–H and O–H groups in total. The van der Waals surface area contributed by atoms with Gasteiger partial charge in [0.1, 0.15) is 0 Å². The Morgan fingerprint density at radius 3 is 1.40 bits per heavy atom. The van der Waals surface area contributed by atoms with E-state index >= 15 is 0 Å². The molecule has 0 saturated heterocycles. The molecule has 3 heteroatoms. The highest BCUT2D eigenvalue weighted by Crippen LogP contribution is 2.16. The smallest absolute Gasteiger partial charge is 0.331 e. The summed E-state index contributed by atoms with van der Waals surface area (Å²) >= 11 is 0. The van der Waals surface area contributed by atoms with Crippen LogP contribution in [0.5, 0.6) is 0 Å². The second-order valence-corrected chi connectivity index (χ2v) is 12.0. The van der Waals surface area contributed by atoms with Crippen molar-refractivity contribution >= 4 is 8.56 Å². The number of rotatable bonds is 14. The van der Waals surface area contributed by atoms with E-state index < -0.39 is 8.56 Å². The van der Waals surface area contributed by atoms with E-state index in [1.165, 1.54) is 36.8 Å². The van der Waals surface area contributed by atoms with Crippen molar-refractivity contribution in [3.05, 3.63) is 23.3 Å². The minimum Gasteiger partial charge on any atom is -0.394 e. The zero-order valence-electron chi connectivity index (χ0n) is 18.3. The van der Waals surface area contributed by atoms with E-state index in [1.807, 2.05) is 0 Å². The van der Waals surface area contributed by atoms with E-state index in [0.29, 0.717) is 0 Å². The lowest BCUT2D eigenvalue weighted by molar-refractivity contribution is 0.160. The minimum absolute atomic E-state index is 0.718. The lowest BCUT2D eigenvalue weighted by atomic mass is 10.0. The first-order chi connectivity index (χ1) is 11.6. The Hall–Kier alpha value is -0.383. The molecule has 2 atom stereocenters. The van der Waals surface area contributed by atoms with Gasteiger partial charge in [0.2, 0.25) is 0 Å². The van der Waals surface area contributed by atoms with Crippen LogP contribution in [0.4, 0.5) is 0 Å². The van der Waals surface area contributed by atoms with Gasteiger partial charge in [-0.15, -0.1) is 0 Å². The summed E-state index contributed by atoms with van der Waals surface area (Å²) in [6, 6.07) is 0. The first-order valence-corrected chi connectivity index (χ1v) is 13.0. The highest BCUT2D eigenvalue weighted by Gasteiger charge is 2.24. The molecule has 0 fully saturated rings. The monoisotopic (exact) mass is 368 g/mol. The van der Waals surface area contributed by atoms with Gasteiger partial charge in [0.25, 0.3) is 0 Å². The van der Waals surface area contributed by atoms with E-state index in [4.69, 9.17) is 8.85 Å². The SMILES string of the molecule is CC(C)=CCCC(C)CCO[Si](C)(C)OCCC(C)CCC=C(C)C. The molecule has 0 bridgehead atoms. The maximum Gasteiger partial charge on any atom is 0.331 e. The Morgan fingerprint density at radius 1 is 0.720 bits per heavy atom. The molecule has 0 aliphatic carbocycles. The summed E-state index contributed by atoms with van der Waals surface area (Å²) in [4.78, 5) is 0. The van der Waals surface area contributed by atoms with Crippen molar-refractivity contribution in [2.24, 2.45) is 11.8 Å². The molecular formula is C22H44O2Si. The summed E-state index contributed by atoms with van der Waals surface area (Å²) in [6.07, 6.45) is 11.8. The fourth-order valence-corrected chi connectivity index (χ4v) is 3.96. The van der Waals surface area contributed by atoms with Crippen LogP contribution in [0, 0.1) is 11.8 Å². The van der Waals surface area contributed by atoms with E-state index in [9.17, 15) is 0 Å². The lowest BCUT2D eigenvalue weighted by Crippen LogP contribution is -2.36. The highest BCUT2D eigenvalue weighted by atomic mass is 28.4. The molecular weight excluding hydrogens is 324 g/mol. The zero-order chi connectivity index (χ0) is 19.3. The Balaban J connectivity index is 3.82. The molecule has 0 radical (unpaired) electrons. The first-order valence-electron chi connectivity index (χ1n) is 10.2. The van der Waals surface area contributed by atoms with Gasteiger partial charge in [-0.25, -0.2) is 0 Å². The van der Waals surface area contributed by atoms with Crippen molar-refractivity contribution in [1.82, 2.24) is 0 Å². The minimum atomic E-state index is -1.96. The quantitative estimate of drug-likeness (QED) is 0.237. The number of hydrogen-bond acceptors (Lipinski definition) is 2. The molecule has 0 saturated carbocycles. The predicted molar refractivity (Wildman–Crippen MR) is 114 cm³/mol. The van der Waals surface area contributed by atoms with Gasteiger partial charge in [-0.2, -0.15) is 0 Å². The maximum atomic E-state index is 6.11. The fraction of sp³-hybridized carbons (Fsp3) is 0.818. The summed E-state index contributed by atoms with van der Waals surface area (Å²) in [6.45, 7) is 19.4. The van der Waals surface area contributed by atoms with Crippen LogP contribution < -0.4 is 0 Å². The molecule has 148 valence electrons. The van der Waals surface area contributed by atoms with E-state index in [0.717, 1.165) is 37.9 Å². The standard InChI is InChI=1S/C22H44O2Si/c1-19(2)11-9-13-21(5)15-17-23-25(7,8)24-18-16-22(6)14-10-12-20(3)4/h11-12,21-22H,9-10,13-18H2,1-8H3. The first kappa shape index (κ1) is 24.6. The summed E-state index contributed by atoms with van der Waals surface area (Å²) in [5.74, 6) is 1.44. The van der Waals surface area contributed by atoms with Crippen LogP contribution >= 0.6 is 0 Å². The molecule has 0 rings (SSSR count). The molecule has 0 spiro atoms. The molecule has 0 aliphatic rings. The van der Waals surface area contributed by atoms with Crippen molar-refractivity contribution in [1.29, 1.82) is 0 Å². The van der Waals surface area contributed by atoms with Gasteiger partial charge < -0.3 is 8.85 Å². The molecule has 25 heavy (non-hydrogen) atoms. The molecule has 2 nitrogen and oxygen atoms in total. The molecule has 0 aromatic rings. The third-order valence-electron chi connectivity index (χ3n) is 4.54. The van der Waals surface area contributed by atoms with Gasteiger partial charge in [0.05, 0.1) is 0 Å². The average Bonchev–Trinajstić information content (AvgIpc) is 2.45. The number of allylic oxidation sites excluding steroid dienone is 4. The van der Waals surface area contributed by atoms with E-state index in [1.54, 1.807) is 0 Å². The van der Waals surface area contributed by atoms with Gasteiger partial charge in [-0.1, -0.05) is 37.1 Å². The highest BCUT2D eigenvalue weighted by molar-refractivity contribution is 6.64. The molecule has 0 heterocycles. The second-order valence-electron chi connectivity index (χ2n) is 8.60. The fourth-order valence-electron chi connectivity index (χ4n) is 2.66. The Kier molecular flexibility index (Phi) is 13.6. The van der Waals surface area contributed by atoms with E-state index in [2.05, 4.69) is 66.8 Å². The summed E-state index contributed by atoms with van der Waals surface area (Å²) in [5.41, 5.74) is 2.83. The predicted octanol–water partition coefficient (Wildman–Crippen LogP) is 7.27. The maximum absolute atomic E-state index is 6.11. The third-order valence-corrected chi connectivity index (χ3v) is 6.34. The zero-order valence-corrected chi connectivity index (χ0v) is 19.3. The van der Waals surface area contributed by atoms with Gasteiger partial charge in [-0.3, -0.25) is 0 Å². The van der Waals surface area contributed by atoms with Crippen molar-refractivity contribution in [2.45, 2.75) is 93.2 Å². The topological polar surface area (TPSA) is 18.5 Å². The van der Waals surface area contributed by atoms with Gasteiger partial charge >= 0.3 is 8.56 Å². The van der Waals surface area contributed by atoms with Crippen LogP contribution in [0.2, 0.25) is 13.1 Å². The largest absolute Gasteiger partial charge is 0.394 e. The normalized spacial score (nSPS) is 14.1. The second kappa shape index (κ2) is 13.8. The van der Waals surface area contributed by atoms with Gasteiger partial charge in [0.15, 0.2) is 0 Å². The molecule has 0 aliphatic heterocycles. The molecule has 0 amide bonds. The van der Waals surface area contributed by atoms with Crippen LogP contribution in [0.3, 0.4) is 0 Å². The third kappa shape index (κ3) is 16.8. The van der Waals surface area contributed by atoms with Gasteiger partial charge in [-0.05, 0) is 91.1 Å². The number of hydrogen-bond donors (Lipinski definition) is 0. The van der Waals surface area contributed by atoms with Crippen LogP contribution in [0.15, 0.2) is 23.3 Å².